The molecule has 3 aromatic rings. The van der Waals surface area contributed by atoms with Crippen LogP contribution in [0, 0.1) is 0 Å². The second kappa shape index (κ2) is 5.45. The Hall–Kier alpha value is -2.67. The van der Waals surface area contributed by atoms with Gasteiger partial charge >= 0.3 is 139 Å². The van der Waals surface area contributed by atoms with E-state index in [2.05, 4.69) is 21.9 Å². The maximum atomic E-state index is 12.7. The molecule has 7 heteroatoms. The molecule has 3 heterocycles. The van der Waals surface area contributed by atoms with Gasteiger partial charge in [0.05, 0.1) is 0 Å². The Bertz CT molecular complexity index is 939. The Kier molecular flexibility index (Phi) is 3.39. The molecule has 0 aliphatic carbocycles. The topological polar surface area (TPSA) is 71.9 Å². The number of H-pyrrole nitrogens is 1. The van der Waals surface area contributed by atoms with Crippen LogP contribution < -0.4 is 10.8 Å². The van der Waals surface area contributed by atoms with Crippen molar-refractivity contribution in [3.05, 3.63) is 47.9 Å². The van der Waals surface area contributed by atoms with E-state index in [1.165, 1.54) is 0 Å². The summed E-state index contributed by atoms with van der Waals surface area (Å²) in [7, 11) is 1.85. The third-order valence-electron chi connectivity index (χ3n) is 4.43. The van der Waals surface area contributed by atoms with E-state index in [1.54, 1.807) is 17.8 Å². The first kappa shape index (κ1) is 14.9. The molecule has 1 amide bonds. The van der Waals surface area contributed by atoms with Crippen molar-refractivity contribution in [2.45, 2.75) is 5.54 Å². The zero-order chi connectivity index (χ0) is 16.7. The number of aryl methyl sites for hydroxylation is 1. The van der Waals surface area contributed by atoms with Crippen molar-refractivity contribution in [1.29, 1.82) is 0 Å². The number of hydrogen-bond donors (Lipinski definition) is 2. The maximum absolute atomic E-state index is 12.7. The van der Waals surface area contributed by atoms with Crippen molar-refractivity contribution >= 4 is 35.7 Å². The molecule has 1 aromatic carbocycles. The van der Waals surface area contributed by atoms with Gasteiger partial charge in [-0.1, -0.05) is 0 Å². The van der Waals surface area contributed by atoms with E-state index in [0.29, 0.717) is 18.9 Å². The average molecular weight is 320 g/mol. The first-order valence-electron chi connectivity index (χ1n) is 7.74. The normalized spacial score (nSPS) is 15.7. The van der Waals surface area contributed by atoms with Crippen molar-refractivity contribution in [3.8, 4) is 0 Å². The van der Waals surface area contributed by atoms with Crippen LogP contribution in [0.15, 0.2) is 36.7 Å². The first-order chi connectivity index (χ1) is 11.6. The molecule has 0 atom stereocenters. The number of aromatic nitrogens is 3. The molecule has 120 valence electrons. The summed E-state index contributed by atoms with van der Waals surface area (Å²) in [6.07, 6.45) is 3.68. The molecule has 0 radical (unpaired) electrons. The molecular formula is C17H17BN4O2. The second-order valence-corrected chi connectivity index (χ2v) is 6.17. The van der Waals surface area contributed by atoms with Crippen LogP contribution in [0.4, 0.5) is 0 Å². The number of fused-ring (bicyclic) bond motifs is 1. The Morgan fingerprint density at radius 1 is 1.46 bits per heavy atom. The number of carbonyl (C=O) groups is 1. The van der Waals surface area contributed by atoms with Gasteiger partial charge in [0.2, 0.25) is 0 Å². The molecule has 0 spiro atoms. The fourth-order valence-electron chi connectivity index (χ4n) is 2.97. The molecule has 1 aliphatic rings. The molecule has 1 saturated heterocycles. The molecule has 24 heavy (non-hydrogen) atoms. The summed E-state index contributed by atoms with van der Waals surface area (Å²) < 4.78 is 7.08. The molecule has 0 unspecified atom stereocenters. The van der Waals surface area contributed by atoms with Crippen LogP contribution in [0.1, 0.15) is 16.1 Å². The summed E-state index contributed by atoms with van der Waals surface area (Å²) in [4.78, 5) is 15.9. The quantitative estimate of drug-likeness (QED) is 0.680. The van der Waals surface area contributed by atoms with Gasteiger partial charge in [0.25, 0.3) is 0 Å². The summed E-state index contributed by atoms with van der Waals surface area (Å²) in [5, 5.41) is 8.27. The number of nitrogens with one attached hydrogen (secondary N) is 2. The van der Waals surface area contributed by atoms with Gasteiger partial charge in [-0.25, -0.2) is 0 Å². The Balaban J connectivity index is 1.62. The number of ether oxygens (including phenoxy) is 1. The van der Waals surface area contributed by atoms with E-state index in [9.17, 15) is 4.79 Å². The van der Waals surface area contributed by atoms with Crippen molar-refractivity contribution in [3.63, 3.8) is 0 Å². The van der Waals surface area contributed by atoms with Crippen LogP contribution in [-0.2, 0) is 17.3 Å². The van der Waals surface area contributed by atoms with Crippen LogP contribution in [0.25, 0.3) is 10.9 Å². The third kappa shape index (κ3) is 2.37. The van der Waals surface area contributed by atoms with Crippen molar-refractivity contribution in [2.75, 3.05) is 13.2 Å². The molecule has 0 saturated carbocycles. The summed E-state index contributed by atoms with van der Waals surface area (Å²) >= 11 is 0. The van der Waals surface area contributed by atoms with Gasteiger partial charge in [-0.3, -0.25) is 0 Å². The SMILES string of the molecule is C=Bc1ccc2[nH]c(C(=O)NC3(c4cnn(C)c4)COC3)cc2c1. The fraction of sp³-hybridized carbons (Fsp3) is 0.235. The van der Waals surface area contributed by atoms with Gasteiger partial charge in [0.15, 0.2) is 0 Å². The molecule has 0 bridgehead atoms. The van der Waals surface area contributed by atoms with Gasteiger partial charge in [-0.2, -0.15) is 0 Å². The van der Waals surface area contributed by atoms with Crippen LogP contribution in [0.5, 0.6) is 0 Å². The van der Waals surface area contributed by atoms with E-state index in [-0.39, 0.29) is 5.91 Å². The number of aromatic amines is 1. The summed E-state index contributed by atoms with van der Waals surface area (Å²) in [6, 6.07) is 7.77. The third-order valence-corrected chi connectivity index (χ3v) is 4.43. The standard InChI is InChI=1S/C17H17BN4O2/c1-18-13-3-4-14-11(5-13)6-15(20-14)16(23)21-17(9-24-10-17)12-7-19-22(2)8-12/h3-8,20H,1,9-10H2,2H3,(H,21,23). The monoisotopic (exact) mass is 320 g/mol. The summed E-state index contributed by atoms with van der Waals surface area (Å²) in [5.74, 6) is -0.154. The number of hydrogen-bond acceptors (Lipinski definition) is 3. The second-order valence-electron chi connectivity index (χ2n) is 6.17. The molecule has 6 nitrogen and oxygen atoms in total. The Morgan fingerprint density at radius 2 is 2.29 bits per heavy atom. The number of carbonyl (C=O) groups excluding carboxylic acids is 1. The number of amides is 1. The molecule has 4 rings (SSSR count). The zero-order valence-corrected chi connectivity index (χ0v) is 13.4. The Morgan fingerprint density at radius 3 is 2.92 bits per heavy atom. The van der Waals surface area contributed by atoms with E-state index in [4.69, 9.17) is 4.74 Å². The number of rotatable bonds is 4. The average Bonchev–Trinajstić information content (AvgIpc) is 3.16. The van der Waals surface area contributed by atoms with Gasteiger partial charge < -0.3 is 0 Å². The Labute approximate surface area is 139 Å². The van der Waals surface area contributed by atoms with Crippen molar-refractivity contribution in [1.82, 2.24) is 20.1 Å². The molecule has 2 aromatic heterocycles. The molecule has 2 N–H and O–H groups in total. The zero-order valence-electron chi connectivity index (χ0n) is 13.4. The van der Waals surface area contributed by atoms with Gasteiger partial charge in [-0.05, 0) is 0 Å². The van der Waals surface area contributed by atoms with Crippen LogP contribution >= 0.6 is 0 Å². The predicted octanol–water partition coefficient (Wildman–Crippen LogP) is 0.318. The summed E-state index contributed by atoms with van der Waals surface area (Å²) in [6.45, 7) is 6.46. The van der Waals surface area contributed by atoms with E-state index in [1.807, 2.05) is 37.5 Å². The van der Waals surface area contributed by atoms with E-state index < -0.39 is 5.54 Å². The van der Waals surface area contributed by atoms with Crippen molar-refractivity contribution in [2.24, 2.45) is 7.05 Å². The van der Waals surface area contributed by atoms with Gasteiger partial charge in [-0.15, -0.1) is 0 Å². The van der Waals surface area contributed by atoms with Crippen molar-refractivity contribution < 1.29 is 9.53 Å². The molecule has 1 fully saturated rings. The predicted molar refractivity (Wildman–Crippen MR) is 94.0 cm³/mol. The van der Waals surface area contributed by atoms with Crippen LogP contribution in [0.2, 0.25) is 0 Å². The van der Waals surface area contributed by atoms with Crippen LogP contribution in [0.3, 0.4) is 0 Å². The fourth-order valence-corrected chi connectivity index (χ4v) is 2.97. The number of nitrogens with zero attached hydrogens (tertiary/aromatic N) is 2. The van der Waals surface area contributed by atoms with E-state index in [0.717, 1.165) is 21.9 Å². The van der Waals surface area contributed by atoms with E-state index >= 15 is 0 Å². The van der Waals surface area contributed by atoms with Gasteiger partial charge in [0, 0.05) is 0 Å². The molecule has 1 aliphatic heterocycles. The summed E-state index contributed by atoms with van der Waals surface area (Å²) in [5.41, 5.74) is 2.92. The first-order valence-corrected chi connectivity index (χ1v) is 7.74. The van der Waals surface area contributed by atoms with Crippen LogP contribution in [-0.4, -0.2) is 47.3 Å². The minimum absolute atomic E-state index is 0.154. The molecular weight excluding hydrogens is 303 g/mol. The minimum atomic E-state index is -0.505. The number of benzene rings is 1. The van der Waals surface area contributed by atoms with Gasteiger partial charge in [0.1, 0.15) is 0 Å².